The zero-order valence-electron chi connectivity index (χ0n) is 9.87. The van der Waals surface area contributed by atoms with Crippen molar-refractivity contribution < 1.29 is 4.79 Å². The van der Waals surface area contributed by atoms with E-state index in [1.165, 1.54) is 16.4 Å². The molecule has 0 atom stereocenters. The van der Waals surface area contributed by atoms with Crippen molar-refractivity contribution in [2.45, 2.75) is 11.6 Å². The zero-order valence-corrected chi connectivity index (χ0v) is 10.7. The van der Waals surface area contributed by atoms with Gasteiger partial charge in [-0.1, -0.05) is 42.1 Å². The molecule has 6 nitrogen and oxygen atoms in total. The van der Waals surface area contributed by atoms with E-state index in [2.05, 4.69) is 15.6 Å². The summed E-state index contributed by atoms with van der Waals surface area (Å²) in [7, 11) is 0. The zero-order chi connectivity index (χ0) is 13.2. The lowest BCUT2D eigenvalue weighted by Crippen LogP contribution is -2.41. The number of nitrogens with zero attached hydrogens (tertiary/aromatic N) is 3. The van der Waals surface area contributed by atoms with Crippen molar-refractivity contribution in [1.29, 1.82) is 0 Å². The molecule has 19 heavy (non-hydrogen) atoms. The van der Waals surface area contributed by atoms with Crippen LogP contribution in [0.2, 0.25) is 0 Å². The highest BCUT2D eigenvalue weighted by atomic mass is 32.2. The SMILES string of the molecule is O=C1CSc2nnc(Cc3ccccc3)c(=O)n2N1. The molecule has 0 aliphatic carbocycles. The van der Waals surface area contributed by atoms with Crippen LogP contribution < -0.4 is 11.0 Å². The number of carbonyl (C=O) groups is 1. The summed E-state index contributed by atoms with van der Waals surface area (Å²) in [5.74, 6) is 0.0462. The second-order valence-corrected chi connectivity index (χ2v) is 5.00. The standard InChI is InChI=1S/C12H10N4O2S/c17-10-7-19-12-14-13-9(11(18)16(12)15-10)6-8-4-2-1-3-5-8/h1-5H,6-7H2,(H,15,17). The van der Waals surface area contributed by atoms with E-state index in [9.17, 15) is 9.59 Å². The topological polar surface area (TPSA) is 76.9 Å². The molecule has 1 amide bonds. The van der Waals surface area contributed by atoms with E-state index in [1.54, 1.807) is 0 Å². The fraction of sp³-hybridized carbons (Fsp3) is 0.167. The van der Waals surface area contributed by atoms with Crippen molar-refractivity contribution in [3.05, 3.63) is 51.9 Å². The first-order valence-electron chi connectivity index (χ1n) is 5.69. The van der Waals surface area contributed by atoms with Gasteiger partial charge in [0.05, 0.1) is 5.75 Å². The van der Waals surface area contributed by atoms with Gasteiger partial charge in [0.2, 0.25) is 11.1 Å². The number of benzene rings is 1. The normalized spacial score (nSPS) is 13.8. The maximum atomic E-state index is 12.2. The molecule has 1 aliphatic rings. The van der Waals surface area contributed by atoms with Crippen LogP contribution in [0.1, 0.15) is 11.3 Å². The van der Waals surface area contributed by atoms with Gasteiger partial charge < -0.3 is 0 Å². The summed E-state index contributed by atoms with van der Waals surface area (Å²) in [5.41, 5.74) is 3.47. The van der Waals surface area contributed by atoms with Gasteiger partial charge in [0, 0.05) is 6.42 Å². The lowest BCUT2D eigenvalue weighted by Gasteiger charge is -2.16. The average molecular weight is 274 g/mol. The molecule has 1 aliphatic heterocycles. The van der Waals surface area contributed by atoms with Crippen LogP contribution >= 0.6 is 11.8 Å². The minimum absolute atomic E-state index is 0.210. The molecule has 3 rings (SSSR count). The quantitative estimate of drug-likeness (QED) is 0.858. The predicted molar refractivity (Wildman–Crippen MR) is 70.6 cm³/mol. The van der Waals surface area contributed by atoms with Crippen LogP contribution in [0.3, 0.4) is 0 Å². The van der Waals surface area contributed by atoms with Crippen molar-refractivity contribution >= 4 is 17.7 Å². The van der Waals surface area contributed by atoms with E-state index in [4.69, 9.17) is 0 Å². The Bertz CT molecular complexity index is 684. The van der Waals surface area contributed by atoms with Gasteiger partial charge in [-0.15, -0.1) is 10.2 Å². The number of carbonyl (C=O) groups excluding carboxylic acids is 1. The van der Waals surface area contributed by atoms with Gasteiger partial charge in [0.25, 0.3) is 5.56 Å². The molecule has 2 aromatic rings. The maximum Gasteiger partial charge on any atom is 0.295 e. The van der Waals surface area contributed by atoms with E-state index >= 15 is 0 Å². The molecular weight excluding hydrogens is 264 g/mol. The van der Waals surface area contributed by atoms with Gasteiger partial charge in [-0.3, -0.25) is 15.0 Å². The highest BCUT2D eigenvalue weighted by molar-refractivity contribution is 7.99. The molecular formula is C12H10N4O2S. The Balaban J connectivity index is 1.98. The van der Waals surface area contributed by atoms with E-state index in [1.807, 2.05) is 30.3 Å². The van der Waals surface area contributed by atoms with Gasteiger partial charge in [-0.05, 0) is 5.56 Å². The Hall–Kier alpha value is -2.15. The van der Waals surface area contributed by atoms with Crippen molar-refractivity contribution in [2.24, 2.45) is 0 Å². The Morgan fingerprint density at radius 3 is 2.79 bits per heavy atom. The number of fused-ring (bicyclic) bond motifs is 1. The van der Waals surface area contributed by atoms with Crippen LogP contribution in [0.4, 0.5) is 0 Å². The van der Waals surface area contributed by atoms with Crippen LogP contribution in [0.15, 0.2) is 40.3 Å². The van der Waals surface area contributed by atoms with Gasteiger partial charge >= 0.3 is 0 Å². The van der Waals surface area contributed by atoms with Crippen LogP contribution in [-0.2, 0) is 11.2 Å². The fourth-order valence-electron chi connectivity index (χ4n) is 1.79. The Morgan fingerprint density at radius 1 is 1.21 bits per heavy atom. The monoisotopic (exact) mass is 274 g/mol. The third-order valence-corrected chi connectivity index (χ3v) is 3.61. The van der Waals surface area contributed by atoms with E-state index in [0.29, 0.717) is 17.3 Å². The Labute approximate surface area is 112 Å². The lowest BCUT2D eigenvalue weighted by atomic mass is 10.1. The average Bonchev–Trinajstić information content (AvgIpc) is 2.44. The van der Waals surface area contributed by atoms with Crippen LogP contribution in [0, 0.1) is 0 Å². The number of thioether (sulfide) groups is 1. The molecule has 1 aromatic carbocycles. The third-order valence-electron chi connectivity index (χ3n) is 2.68. The number of hydrogen-bond donors (Lipinski definition) is 1. The Kier molecular flexibility index (Phi) is 3.04. The first-order chi connectivity index (χ1) is 9.24. The summed E-state index contributed by atoms with van der Waals surface area (Å²) in [4.78, 5) is 23.5. The summed E-state index contributed by atoms with van der Waals surface area (Å²) in [6.07, 6.45) is 0.396. The van der Waals surface area contributed by atoms with E-state index in [0.717, 1.165) is 5.56 Å². The van der Waals surface area contributed by atoms with Gasteiger partial charge in [-0.25, -0.2) is 0 Å². The van der Waals surface area contributed by atoms with Crippen LogP contribution in [0.5, 0.6) is 0 Å². The first kappa shape index (κ1) is 11.9. The number of nitrogens with one attached hydrogen (secondary N) is 1. The highest BCUT2D eigenvalue weighted by Gasteiger charge is 2.20. The molecule has 0 bridgehead atoms. The maximum absolute atomic E-state index is 12.2. The second kappa shape index (κ2) is 4.85. The number of aromatic nitrogens is 3. The molecule has 0 unspecified atom stereocenters. The van der Waals surface area contributed by atoms with E-state index < -0.39 is 0 Å². The van der Waals surface area contributed by atoms with Crippen molar-refractivity contribution in [3.63, 3.8) is 0 Å². The number of hydrogen-bond acceptors (Lipinski definition) is 5. The summed E-state index contributed by atoms with van der Waals surface area (Å²) in [5, 5.41) is 8.35. The molecule has 0 fully saturated rings. The molecule has 0 radical (unpaired) electrons. The molecule has 96 valence electrons. The highest BCUT2D eigenvalue weighted by Crippen LogP contribution is 2.15. The molecule has 0 saturated carbocycles. The fourth-order valence-corrected chi connectivity index (χ4v) is 2.47. The van der Waals surface area contributed by atoms with Crippen LogP contribution in [-0.4, -0.2) is 26.5 Å². The van der Waals surface area contributed by atoms with E-state index in [-0.39, 0.29) is 17.2 Å². The predicted octanol–water partition coefficient (Wildman–Crippen LogP) is 0.405. The smallest absolute Gasteiger partial charge is 0.272 e. The molecule has 7 heteroatoms. The summed E-state index contributed by atoms with van der Waals surface area (Å²) in [6.45, 7) is 0. The summed E-state index contributed by atoms with van der Waals surface area (Å²) in [6, 6.07) is 9.54. The van der Waals surface area contributed by atoms with Crippen molar-refractivity contribution in [2.75, 3.05) is 11.2 Å². The third kappa shape index (κ3) is 2.37. The molecule has 1 aromatic heterocycles. The molecule has 0 saturated heterocycles. The summed E-state index contributed by atoms with van der Waals surface area (Å²) >= 11 is 1.20. The minimum atomic E-state index is -0.325. The lowest BCUT2D eigenvalue weighted by molar-refractivity contribution is -0.115. The second-order valence-electron chi connectivity index (χ2n) is 4.06. The van der Waals surface area contributed by atoms with Crippen LogP contribution in [0.25, 0.3) is 0 Å². The van der Waals surface area contributed by atoms with Gasteiger partial charge in [0.15, 0.2) is 0 Å². The Morgan fingerprint density at radius 2 is 2.00 bits per heavy atom. The molecule has 0 spiro atoms. The number of amides is 1. The number of rotatable bonds is 2. The van der Waals surface area contributed by atoms with Gasteiger partial charge in [0.1, 0.15) is 5.69 Å². The first-order valence-corrected chi connectivity index (χ1v) is 6.68. The largest absolute Gasteiger partial charge is 0.295 e. The van der Waals surface area contributed by atoms with Crippen molar-refractivity contribution in [3.8, 4) is 0 Å². The minimum Gasteiger partial charge on any atom is -0.272 e. The molecule has 1 N–H and O–H groups in total. The van der Waals surface area contributed by atoms with Crippen molar-refractivity contribution in [1.82, 2.24) is 14.9 Å². The summed E-state index contributed by atoms with van der Waals surface area (Å²) < 4.78 is 1.17. The molecule has 2 heterocycles. The van der Waals surface area contributed by atoms with Gasteiger partial charge in [-0.2, -0.15) is 4.68 Å².